The van der Waals surface area contributed by atoms with Crippen LogP contribution in [0.15, 0.2) is 30.3 Å². The Labute approximate surface area is 168 Å². The molecule has 3 aliphatic heterocycles. The van der Waals surface area contributed by atoms with Gasteiger partial charge in [0, 0.05) is 32.6 Å². The molecule has 0 radical (unpaired) electrons. The number of benzene rings is 1. The van der Waals surface area contributed by atoms with Crippen molar-refractivity contribution in [2.75, 3.05) is 25.5 Å². The lowest BCUT2D eigenvalue weighted by atomic mass is 9.68. The Morgan fingerprint density at radius 3 is 2.34 bits per heavy atom. The van der Waals surface area contributed by atoms with E-state index in [1.165, 1.54) is 14.1 Å². The maximum absolute atomic E-state index is 13.4. The average Bonchev–Trinajstić information content (AvgIpc) is 3.35. The summed E-state index contributed by atoms with van der Waals surface area (Å²) in [6, 6.07) is 9.03. The highest BCUT2D eigenvalue weighted by atomic mass is 16.2. The van der Waals surface area contributed by atoms with Gasteiger partial charge in [-0.2, -0.15) is 5.10 Å². The van der Waals surface area contributed by atoms with Gasteiger partial charge in [-0.15, -0.1) is 0 Å². The molecule has 0 N–H and O–H groups in total. The van der Waals surface area contributed by atoms with Gasteiger partial charge in [0.1, 0.15) is 5.82 Å². The lowest BCUT2D eigenvalue weighted by molar-refractivity contribution is -0.159. The van der Waals surface area contributed by atoms with Gasteiger partial charge in [0.2, 0.25) is 11.8 Å². The largest absolute Gasteiger partial charge is 0.352 e. The maximum Gasteiger partial charge on any atom is 0.332 e. The van der Waals surface area contributed by atoms with Gasteiger partial charge < -0.3 is 4.90 Å². The first-order valence-corrected chi connectivity index (χ1v) is 9.88. The second kappa shape index (κ2) is 5.92. The fourth-order valence-electron chi connectivity index (χ4n) is 5.25. The number of aryl methyl sites for hydroxylation is 1. The number of carbonyl (C=O) groups is 3. The number of para-hydroxylation sites is 1. The monoisotopic (exact) mass is 393 g/mol. The van der Waals surface area contributed by atoms with Gasteiger partial charge in [0.15, 0.2) is 5.41 Å². The smallest absolute Gasteiger partial charge is 0.332 e. The molecule has 2 fully saturated rings. The van der Waals surface area contributed by atoms with Crippen LogP contribution in [0, 0.1) is 12.3 Å². The first kappa shape index (κ1) is 17.9. The van der Waals surface area contributed by atoms with Gasteiger partial charge in [-0.3, -0.25) is 19.4 Å². The van der Waals surface area contributed by atoms with E-state index in [0.717, 1.165) is 51.9 Å². The van der Waals surface area contributed by atoms with Gasteiger partial charge in [0.05, 0.1) is 17.4 Å². The van der Waals surface area contributed by atoms with Crippen LogP contribution in [-0.4, -0.2) is 64.1 Å². The lowest BCUT2D eigenvalue weighted by Crippen LogP contribution is -2.70. The van der Waals surface area contributed by atoms with Crippen LogP contribution in [0.25, 0.3) is 5.69 Å². The van der Waals surface area contributed by atoms with Crippen molar-refractivity contribution in [1.29, 1.82) is 0 Å². The van der Waals surface area contributed by atoms with E-state index in [0.29, 0.717) is 0 Å². The van der Waals surface area contributed by atoms with Crippen molar-refractivity contribution in [3.63, 3.8) is 0 Å². The molecule has 8 heteroatoms. The van der Waals surface area contributed by atoms with Crippen LogP contribution in [0.1, 0.15) is 24.1 Å². The molecule has 0 aliphatic carbocycles. The molecule has 2 aromatic rings. The Morgan fingerprint density at radius 1 is 1.03 bits per heavy atom. The number of fused-ring (bicyclic) bond motifs is 4. The Kier molecular flexibility index (Phi) is 3.65. The lowest BCUT2D eigenvalue weighted by Gasteiger charge is -2.50. The Bertz CT molecular complexity index is 1020. The number of rotatable bonds is 1. The van der Waals surface area contributed by atoms with Crippen molar-refractivity contribution >= 4 is 23.7 Å². The number of carbonyl (C=O) groups excluding carboxylic acids is 3. The second-order valence-electron chi connectivity index (χ2n) is 8.15. The topological polar surface area (TPSA) is 78.8 Å². The Hall–Kier alpha value is -3.16. The second-order valence-corrected chi connectivity index (χ2v) is 8.15. The molecule has 1 atom stereocenters. The summed E-state index contributed by atoms with van der Waals surface area (Å²) in [5.74, 6) is 0.157. The minimum absolute atomic E-state index is 0.266. The van der Waals surface area contributed by atoms with Crippen LogP contribution in [0.4, 0.5) is 10.6 Å². The van der Waals surface area contributed by atoms with Crippen LogP contribution in [-0.2, 0) is 16.0 Å². The Balaban J connectivity index is 1.72. The van der Waals surface area contributed by atoms with Gasteiger partial charge in [-0.25, -0.2) is 9.48 Å². The molecular weight excluding hydrogens is 370 g/mol. The molecule has 2 saturated heterocycles. The molecule has 4 amide bonds. The summed E-state index contributed by atoms with van der Waals surface area (Å²) in [4.78, 5) is 43.5. The number of urea groups is 1. The quantitative estimate of drug-likeness (QED) is 0.690. The van der Waals surface area contributed by atoms with Crippen LogP contribution in [0.3, 0.4) is 0 Å². The molecule has 5 rings (SSSR count). The van der Waals surface area contributed by atoms with Gasteiger partial charge in [0.25, 0.3) is 0 Å². The summed E-state index contributed by atoms with van der Waals surface area (Å²) in [5.41, 5.74) is 1.38. The molecule has 3 aliphatic rings. The molecule has 29 heavy (non-hydrogen) atoms. The Morgan fingerprint density at radius 2 is 1.69 bits per heavy atom. The van der Waals surface area contributed by atoms with E-state index in [9.17, 15) is 14.4 Å². The third-order valence-corrected chi connectivity index (χ3v) is 6.65. The highest BCUT2D eigenvalue weighted by molar-refractivity contribution is 6.20. The maximum atomic E-state index is 13.4. The SMILES string of the molecule is Cc1nn(-c2ccccc2)c2c1CC1(C(=O)N(C)C(=O)N(C)C1=O)[C@H]1CCCN21. The molecule has 8 nitrogen and oxygen atoms in total. The third kappa shape index (κ3) is 2.14. The van der Waals surface area contributed by atoms with Crippen molar-refractivity contribution in [3.05, 3.63) is 41.6 Å². The van der Waals surface area contributed by atoms with Gasteiger partial charge in [-0.1, -0.05) is 18.2 Å². The van der Waals surface area contributed by atoms with E-state index in [1.807, 2.05) is 41.9 Å². The summed E-state index contributed by atoms with van der Waals surface area (Å²) in [6.45, 7) is 2.66. The summed E-state index contributed by atoms with van der Waals surface area (Å²) in [7, 11) is 2.93. The number of hydrogen-bond acceptors (Lipinski definition) is 5. The average molecular weight is 393 g/mol. The third-order valence-electron chi connectivity index (χ3n) is 6.65. The molecule has 150 valence electrons. The molecular formula is C21H23N5O3. The van der Waals surface area contributed by atoms with Crippen molar-refractivity contribution in [3.8, 4) is 5.69 Å². The highest BCUT2D eigenvalue weighted by Gasteiger charge is 2.64. The fourth-order valence-corrected chi connectivity index (χ4v) is 5.25. The molecule has 0 saturated carbocycles. The number of nitrogens with zero attached hydrogens (tertiary/aromatic N) is 5. The predicted molar refractivity (Wildman–Crippen MR) is 106 cm³/mol. The van der Waals surface area contributed by atoms with E-state index >= 15 is 0 Å². The van der Waals surface area contributed by atoms with Crippen LogP contribution in [0.2, 0.25) is 0 Å². The highest BCUT2D eigenvalue weighted by Crippen LogP contribution is 2.50. The fraction of sp³-hybridized carbons (Fsp3) is 0.429. The zero-order valence-electron chi connectivity index (χ0n) is 16.8. The first-order chi connectivity index (χ1) is 13.9. The summed E-state index contributed by atoms with van der Waals surface area (Å²) in [5, 5.41) is 4.76. The summed E-state index contributed by atoms with van der Waals surface area (Å²) in [6.07, 6.45) is 1.88. The van der Waals surface area contributed by atoms with Crippen LogP contribution >= 0.6 is 0 Å². The number of aromatic nitrogens is 2. The zero-order valence-corrected chi connectivity index (χ0v) is 16.8. The van der Waals surface area contributed by atoms with Crippen molar-refractivity contribution < 1.29 is 14.4 Å². The van der Waals surface area contributed by atoms with E-state index in [4.69, 9.17) is 5.10 Å². The van der Waals surface area contributed by atoms with Crippen molar-refractivity contribution in [2.24, 2.45) is 5.41 Å². The number of hydrogen-bond donors (Lipinski definition) is 0. The van der Waals surface area contributed by atoms with E-state index in [-0.39, 0.29) is 12.5 Å². The zero-order chi connectivity index (χ0) is 20.5. The molecule has 1 aromatic carbocycles. The number of imide groups is 2. The van der Waals surface area contributed by atoms with Crippen LogP contribution < -0.4 is 4.90 Å². The van der Waals surface area contributed by atoms with Gasteiger partial charge in [-0.05, 0) is 31.9 Å². The minimum atomic E-state index is -1.28. The summed E-state index contributed by atoms with van der Waals surface area (Å²) < 4.78 is 1.92. The normalized spacial score (nSPS) is 23.1. The first-order valence-electron chi connectivity index (χ1n) is 9.88. The minimum Gasteiger partial charge on any atom is -0.352 e. The molecule has 0 bridgehead atoms. The van der Waals surface area contributed by atoms with E-state index in [2.05, 4.69) is 4.90 Å². The van der Waals surface area contributed by atoms with Crippen molar-refractivity contribution in [2.45, 2.75) is 32.2 Å². The van der Waals surface area contributed by atoms with Gasteiger partial charge >= 0.3 is 6.03 Å². The van der Waals surface area contributed by atoms with Crippen LogP contribution in [0.5, 0.6) is 0 Å². The van der Waals surface area contributed by atoms with Crippen molar-refractivity contribution in [1.82, 2.24) is 19.6 Å². The number of anilines is 1. The molecule has 1 aromatic heterocycles. The van der Waals surface area contributed by atoms with E-state index in [1.54, 1.807) is 0 Å². The number of amides is 4. The summed E-state index contributed by atoms with van der Waals surface area (Å²) >= 11 is 0. The standard InChI is InChI=1S/C21H23N5O3/c1-13-15-12-21(18(27)23(2)20(29)24(3)19(21)28)16-10-7-11-25(16)17(15)26(22-13)14-8-5-4-6-9-14/h4-6,8-9,16H,7,10-12H2,1-3H3/t16-/m1/s1. The molecule has 1 spiro atoms. The number of barbiturate groups is 1. The van der Waals surface area contributed by atoms with E-state index < -0.39 is 23.3 Å². The molecule has 0 unspecified atom stereocenters. The molecule has 4 heterocycles. The predicted octanol–water partition coefficient (Wildman–Crippen LogP) is 1.74.